The molecule has 4 rings (SSSR count). The molecule has 1 unspecified atom stereocenters. The molecule has 0 aliphatic carbocycles. The van der Waals surface area contributed by atoms with E-state index in [1.807, 2.05) is 30.3 Å². The van der Waals surface area contributed by atoms with Crippen molar-refractivity contribution in [1.82, 2.24) is 4.90 Å². The van der Waals surface area contributed by atoms with E-state index >= 15 is 0 Å². The van der Waals surface area contributed by atoms with Crippen molar-refractivity contribution >= 4 is 17.5 Å². The number of anilines is 1. The van der Waals surface area contributed by atoms with Crippen LogP contribution in [0.15, 0.2) is 48.5 Å². The lowest BCUT2D eigenvalue weighted by molar-refractivity contribution is -0.384. The van der Waals surface area contributed by atoms with E-state index < -0.39 is 4.92 Å². The topological polar surface area (TPSA) is 85.2 Å². The number of nitrogens with zero attached hydrogens (tertiary/aromatic N) is 3. The molecular formula is C19H19N3O5. The third-order valence-electron chi connectivity index (χ3n) is 4.84. The van der Waals surface area contributed by atoms with Crippen molar-refractivity contribution in [2.75, 3.05) is 31.1 Å². The van der Waals surface area contributed by atoms with Gasteiger partial charge in [-0.25, -0.2) is 4.79 Å². The van der Waals surface area contributed by atoms with Gasteiger partial charge in [-0.05, 0) is 11.6 Å². The van der Waals surface area contributed by atoms with E-state index in [0.29, 0.717) is 32.0 Å². The van der Waals surface area contributed by atoms with Crippen molar-refractivity contribution < 1.29 is 19.2 Å². The summed E-state index contributed by atoms with van der Waals surface area (Å²) in [6.07, 6.45) is -0.340. The Kier molecular flexibility index (Phi) is 4.53. The van der Waals surface area contributed by atoms with E-state index in [0.717, 1.165) is 11.3 Å². The standard InChI is InChI=1S/C19H19N3O5/c23-19(27-12-14-4-2-1-3-5-14)20-8-9-21-16(11-20)13-26-18-10-15(22(24)25)6-7-17(18)21/h1-7,10,16H,8-9,11-13H2. The van der Waals surface area contributed by atoms with Crippen LogP contribution in [0, 0.1) is 10.1 Å². The van der Waals surface area contributed by atoms with Crippen LogP contribution in [-0.4, -0.2) is 48.2 Å². The van der Waals surface area contributed by atoms with Gasteiger partial charge in [0.15, 0.2) is 0 Å². The van der Waals surface area contributed by atoms with Gasteiger partial charge in [-0.15, -0.1) is 0 Å². The van der Waals surface area contributed by atoms with E-state index in [2.05, 4.69) is 4.90 Å². The van der Waals surface area contributed by atoms with E-state index in [4.69, 9.17) is 9.47 Å². The Bertz CT molecular complexity index is 858. The van der Waals surface area contributed by atoms with Crippen LogP contribution in [-0.2, 0) is 11.3 Å². The van der Waals surface area contributed by atoms with Gasteiger partial charge in [0.05, 0.1) is 22.7 Å². The molecule has 2 heterocycles. The smallest absolute Gasteiger partial charge is 0.410 e. The minimum Gasteiger partial charge on any atom is -0.489 e. The normalized spacial score (nSPS) is 18.1. The Morgan fingerprint density at radius 2 is 2.04 bits per heavy atom. The Labute approximate surface area is 156 Å². The lowest BCUT2D eigenvalue weighted by Gasteiger charge is -2.45. The first-order valence-corrected chi connectivity index (χ1v) is 8.75. The summed E-state index contributed by atoms with van der Waals surface area (Å²) in [7, 11) is 0. The molecule has 1 atom stereocenters. The Balaban J connectivity index is 1.40. The summed E-state index contributed by atoms with van der Waals surface area (Å²) in [6, 6.07) is 14.2. The van der Waals surface area contributed by atoms with Gasteiger partial charge < -0.3 is 19.3 Å². The zero-order valence-corrected chi connectivity index (χ0v) is 14.6. The van der Waals surface area contributed by atoms with Crippen LogP contribution in [0.4, 0.5) is 16.2 Å². The maximum absolute atomic E-state index is 12.4. The highest BCUT2D eigenvalue weighted by atomic mass is 16.6. The number of ether oxygens (including phenoxy) is 2. The Morgan fingerprint density at radius 1 is 1.22 bits per heavy atom. The highest BCUT2D eigenvalue weighted by molar-refractivity contribution is 5.70. The zero-order chi connectivity index (χ0) is 18.8. The predicted molar refractivity (Wildman–Crippen MR) is 97.9 cm³/mol. The van der Waals surface area contributed by atoms with Crippen molar-refractivity contribution in [3.05, 3.63) is 64.2 Å². The van der Waals surface area contributed by atoms with Crippen LogP contribution in [0.25, 0.3) is 0 Å². The molecule has 0 saturated carbocycles. The second-order valence-electron chi connectivity index (χ2n) is 6.55. The van der Waals surface area contributed by atoms with Crippen molar-refractivity contribution in [2.45, 2.75) is 12.6 Å². The highest BCUT2D eigenvalue weighted by Crippen LogP contribution is 2.37. The van der Waals surface area contributed by atoms with Gasteiger partial charge in [-0.2, -0.15) is 0 Å². The summed E-state index contributed by atoms with van der Waals surface area (Å²) < 4.78 is 11.1. The molecule has 1 fully saturated rings. The number of nitro groups is 1. The van der Waals surface area contributed by atoms with Crippen LogP contribution in [0.3, 0.4) is 0 Å². The van der Waals surface area contributed by atoms with Gasteiger partial charge in [0.1, 0.15) is 19.0 Å². The molecule has 8 heteroatoms. The SMILES string of the molecule is O=C(OCc1ccccc1)N1CCN2c3ccc([N+](=O)[O-])cc3OCC2C1. The number of hydrogen-bond donors (Lipinski definition) is 0. The molecule has 2 aliphatic heterocycles. The largest absolute Gasteiger partial charge is 0.489 e. The quantitative estimate of drug-likeness (QED) is 0.611. The average molecular weight is 369 g/mol. The number of rotatable bonds is 3. The summed E-state index contributed by atoms with van der Waals surface area (Å²) in [4.78, 5) is 26.7. The maximum Gasteiger partial charge on any atom is 0.410 e. The summed E-state index contributed by atoms with van der Waals surface area (Å²) in [5.74, 6) is 0.514. The summed E-state index contributed by atoms with van der Waals surface area (Å²) in [5.41, 5.74) is 1.78. The lowest BCUT2D eigenvalue weighted by atomic mass is 10.1. The van der Waals surface area contributed by atoms with Crippen LogP contribution >= 0.6 is 0 Å². The molecule has 0 radical (unpaired) electrons. The van der Waals surface area contributed by atoms with Crippen molar-refractivity contribution in [3.63, 3.8) is 0 Å². The number of nitro benzene ring substituents is 1. The van der Waals surface area contributed by atoms with Gasteiger partial charge in [0.2, 0.25) is 0 Å². The predicted octanol–water partition coefficient (Wildman–Crippen LogP) is 2.81. The fourth-order valence-electron chi connectivity index (χ4n) is 3.45. The van der Waals surface area contributed by atoms with Gasteiger partial charge in [0.25, 0.3) is 5.69 Å². The molecule has 1 saturated heterocycles. The van der Waals surface area contributed by atoms with Crippen LogP contribution < -0.4 is 9.64 Å². The summed E-state index contributed by atoms with van der Waals surface area (Å²) >= 11 is 0. The number of non-ortho nitro benzene ring substituents is 1. The number of amides is 1. The number of carbonyl (C=O) groups excluding carboxylic acids is 1. The van der Waals surface area contributed by atoms with Crippen LogP contribution in [0.2, 0.25) is 0 Å². The Morgan fingerprint density at radius 3 is 2.81 bits per heavy atom. The second-order valence-corrected chi connectivity index (χ2v) is 6.55. The first-order valence-electron chi connectivity index (χ1n) is 8.75. The van der Waals surface area contributed by atoms with Crippen molar-refractivity contribution in [3.8, 4) is 5.75 Å². The molecule has 8 nitrogen and oxygen atoms in total. The number of carbonyl (C=O) groups is 1. The number of hydrogen-bond acceptors (Lipinski definition) is 6. The molecule has 2 aromatic rings. The molecule has 1 amide bonds. The molecule has 27 heavy (non-hydrogen) atoms. The molecule has 2 aromatic carbocycles. The highest BCUT2D eigenvalue weighted by Gasteiger charge is 2.35. The fourth-order valence-corrected chi connectivity index (χ4v) is 3.45. The number of benzene rings is 2. The van der Waals surface area contributed by atoms with Gasteiger partial charge in [0, 0.05) is 25.7 Å². The Hall–Kier alpha value is -3.29. The van der Waals surface area contributed by atoms with E-state index in [-0.39, 0.29) is 24.4 Å². The van der Waals surface area contributed by atoms with Gasteiger partial charge in [-0.3, -0.25) is 10.1 Å². The molecule has 0 spiro atoms. The maximum atomic E-state index is 12.4. The second kappa shape index (κ2) is 7.14. The molecule has 0 bridgehead atoms. The average Bonchev–Trinajstić information content (AvgIpc) is 2.71. The molecule has 140 valence electrons. The molecule has 0 N–H and O–H groups in total. The van der Waals surface area contributed by atoms with Crippen molar-refractivity contribution in [1.29, 1.82) is 0 Å². The molecule has 0 aromatic heterocycles. The number of piperazine rings is 1. The summed E-state index contributed by atoms with van der Waals surface area (Å²) in [6.45, 7) is 2.26. The third-order valence-corrected chi connectivity index (χ3v) is 4.84. The van der Waals surface area contributed by atoms with E-state index in [1.165, 1.54) is 12.1 Å². The minimum atomic E-state index is -0.434. The van der Waals surface area contributed by atoms with Crippen LogP contribution in [0.1, 0.15) is 5.56 Å². The van der Waals surface area contributed by atoms with Crippen LogP contribution in [0.5, 0.6) is 5.75 Å². The van der Waals surface area contributed by atoms with Gasteiger partial charge >= 0.3 is 6.09 Å². The number of fused-ring (bicyclic) bond motifs is 3. The molecule has 2 aliphatic rings. The molecular weight excluding hydrogens is 350 g/mol. The first kappa shape index (κ1) is 17.1. The third kappa shape index (κ3) is 3.51. The van der Waals surface area contributed by atoms with E-state index in [9.17, 15) is 14.9 Å². The van der Waals surface area contributed by atoms with Crippen molar-refractivity contribution in [2.24, 2.45) is 0 Å². The minimum absolute atomic E-state index is 0.00279. The zero-order valence-electron chi connectivity index (χ0n) is 14.6. The first-order chi connectivity index (χ1) is 13.1. The lowest BCUT2D eigenvalue weighted by Crippen LogP contribution is -2.58. The van der Waals surface area contributed by atoms with Gasteiger partial charge in [-0.1, -0.05) is 30.3 Å². The summed E-state index contributed by atoms with van der Waals surface area (Å²) in [5, 5.41) is 10.9. The monoisotopic (exact) mass is 369 g/mol. The van der Waals surface area contributed by atoms with E-state index in [1.54, 1.807) is 11.0 Å². The fraction of sp³-hybridized carbons (Fsp3) is 0.316.